The normalized spacial score (nSPS) is 11.8. The van der Waals surface area contributed by atoms with Crippen LogP contribution < -0.4 is 9.47 Å². The molecule has 0 aliphatic heterocycles. The number of carboxylic acid groups (broad SMARTS) is 1. The van der Waals surface area contributed by atoms with Crippen molar-refractivity contribution < 1.29 is 23.8 Å². The zero-order chi connectivity index (χ0) is 17.7. The summed E-state index contributed by atoms with van der Waals surface area (Å²) >= 11 is 0. The molecule has 2 aromatic carbocycles. The Morgan fingerprint density at radius 1 is 1.08 bits per heavy atom. The van der Waals surface area contributed by atoms with E-state index in [9.17, 15) is 14.3 Å². The highest BCUT2D eigenvalue weighted by atomic mass is 19.1. The first-order chi connectivity index (χ1) is 11.5. The minimum atomic E-state index is -0.964. The van der Waals surface area contributed by atoms with Gasteiger partial charge in [-0.25, -0.2) is 4.39 Å². The van der Waals surface area contributed by atoms with Gasteiger partial charge in [0.25, 0.3) is 0 Å². The molecule has 0 aliphatic carbocycles. The molecule has 0 amide bonds. The van der Waals surface area contributed by atoms with Crippen molar-refractivity contribution in [2.75, 3.05) is 14.2 Å². The van der Waals surface area contributed by atoms with Gasteiger partial charge in [0.05, 0.1) is 20.1 Å². The Hall–Kier alpha value is -2.56. The van der Waals surface area contributed by atoms with Crippen molar-refractivity contribution in [2.45, 2.75) is 25.7 Å². The summed E-state index contributed by atoms with van der Waals surface area (Å²) in [5.41, 5.74) is 2.12. The van der Waals surface area contributed by atoms with Crippen LogP contribution in [0.3, 0.4) is 0 Å². The second kappa shape index (κ2) is 7.81. The Kier molecular flexibility index (Phi) is 5.79. The SMILES string of the molecule is CCc1cc(C(Cc2cc(F)ccc2OC)C(=O)O)ccc1OC. The van der Waals surface area contributed by atoms with Crippen LogP contribution in [0.25, 0.3) is 0 Å². The number of carboxylic acids is 1. The predicted octanol–water partition coefficient (Wildman–Crippen LogP) is 3.82. The Morgan fingerprint density at radius 2 is 1.71 bits per heavy atom. The maximum Gasteiger partial charge on any atom is 0.311 e. The second-order valence-corrected chi connectivity index (χ2v) is 5.48. The first-order valence-electron chi connectivity index (χ1n) is 7.72. The van der Waals surface area contributed by atoms with Gasteiger partial charge in [0.15, 0.2) is 0 Å². The highest BCUT2D eigenvalue weighted by molar-refractivity contribution is 5.77. The standard InChI is InChI=1S/C19H21FO4/c1-4-12-9-13(5-7-17(12)23-2)16(19(21)22)11-14-10-15(20)6-8-18(14)24-3/h5-10,16H,4,11H2,1-3H3,(H,21,22). The topological polar surface area (TPSA) is 55.8 Å². The van der Waals surface area contributed by atoms with Gasteiger partial charge in [0, 0.05) is 0 Å². The van der Waals surface area contributed by atoms with Crippen molar-refractivity contribution >= 4 is 5.97 Å². The number of ether oxygens (including phenoxy) is 2. The van der Waals surface area contributed by atoms with Crippen molar-refractivity contribution in [1.29, 1.82) is 0 Å². The molecule has 0 spiro atoms. The smallest absolute Gasteiger partial charge is 0.311 e. The molecule has 1 unspecified atom stereocenters. The van der Waals surface area contributed by atoms with E-state index in [0.717, 1.165) is 17.7 Å². The quantitative estimate of drug-likeness (QED) is 0.837. The van der Waals surface area contributed by atoms with E-state index in [0.29, 0.717) is 16.9 Å². The molecule has 0 radical (unpaired) electrons. The third-order valence-electron chi connectivity index (χ3n) is 4.05. The molecular formula is C19H21FO4. The molecule has 0 bridgehead atoms. The highest BCUT2D eigenvalue weighted by Gasteiger charge is 2.23. The molecular weight excluding hydrogens is 311 g/mol. The summed E-state index contributed by atoms with van der Waals surface area (Å²) in [6.45, 7) is 1.98. The number of hydrogen-bond acceptors (Lipinski definition) is 3. The Balaban J connectivity index is 2.41. The average Bonchev–Trinajstić information content (AvgIpc) is 2.59. The molecule has 1 atom stereocenters. The van der Waals surface area contributed by atoms with E-state index >= 15 is 0 Å². The van der Waals surface area contributed by atoms with E-state index in [1.54, 1.807) is 19.2 Å². The summed E-state index contributed by atoms with van der Waals surface area (Å²) in [6, 6.07) is 9.47. The van der Waals surface area contributed by atoms with Gasteiger partial charge in [0.1, 0.15) is 17.3 Å². The zero-order valence-electron chi connectivity index (χ0n) is 14.0. The summed E-state index contributed by atoms with van der Waals surface area (Å²) in [6.07, 6.45) is 0.873. The molecule has 5 heteroatoms. The van der Waals surface area contributed by atoms with Gasteiger partial charge >= 0.3 is 5.97 Å². The van der Waals surface area contributed by atoms with Gasteiger partial charge in [0.2, 0.25) is 0 Å². The van der Waals surface area contributed by atoms with Crippen LogP contribution in [0.5, 0.6) is 11.5 Å². The van der Waals surface area contributed by atoms with Crippen LogP contribution in [0.15, 0.2) is 36.4 Å². The Labute approximate surface area is 140 Å². The molecule has 0 saturated carbocycles. The third-order valence-corrected chi connectivity index (χ3v) is 4.05. The summed E-state index contributed by atoms with van der Waals surface area (Å²) in [5, 5.41) is 9.65. The summed E-state index contributed by atoms with van der Waals surface area (Å²) in [5.74, 6) is -0.968. The minimum Gasteiger partial charge on any atom is -0.496 e. The number of hydrogen-bond donors (Lipinski definition) is 1. The number of halogens is 1. The summed E-state index contributed by atoms with van der Waals surface area (Å²) in [4.78, 5) is 11.8. The molecule has 24 heavy (non-hydrogen) atoms. The van der Waals surface area contributed by atoms with Crippen molar-refractivity contribution in [3.05, 3.63) is 58.9 Å². The number of carbonyl (C=O) groups is 1. The van der Waals surface area contributed by atoms with Crippen molar-refractivity contribution in [3.63, 3.8) is 0 Å². The number of aryl methyl sites for hydroxylation is 1. The van der Waals surface area contributed by atoms with Gasteiger partial charge < -0.3 is 14.6 Å². The lowest BCUT2D eigenvalue weighted by molar-refractivity contribution is -0.138. The molecule has 0 saturated heterocycles. The van der Waals surface area contributed by atoms with Gasteiger partial charge in [-0.05, 0) is 53.8 Å². The van der Waals surface area contributed by atoms with Crippen LogP contribution in [0, 0.1) is 5.82 Å². The Morgan fingerprint density at radius 3 is 2.29 bits per heavy atom. The second-order valence-electron chi connectivity index (χ2n) is 5.48. The van der Waals surface area contributed by atoms with Crippen LogP contribution in [-0.2, 0) is 17.6 Å². The Bertz CT molecular complexity index is 727. The predicted molar refractivity (Wildman–Crippen MR) is 89.4 cm³/mol. The van der Waals surface area contributed by atoms with E-state index in [1.807, 2.05) is 13.0 Å². The van der Waals surface area contributed by atoms with E-state index in [-0.39, 0.29) is 6.42 Å². The van der Waals surface area contributed by atoms with Crippen LogP contribution >= 0.6 is 0 Å². The molecule has 0 heterocycles. The monoisotopic (exact) mass is 332 g/mol. The minimum absolute atomic E-state index is 0.145. The molecule has 0 aliphatic rings. The lowest BCUT2D eigenvalue weighted by Gasteiger charge is -2.17. The lowest BCUT2D eigenvalue weighted by Crippen LogP contribution is -2.15. The molecule has 2 aromatic rings. The zero-order valence-corrected chi connectivity index (χ0v) is 14.0. The molecule has 2 rings (SSSR count). The van der Waals surface area contributed by atoms with Gasteiger partial charge in [-0.15, -0.1) is 0 Å². The third kappa shape index (κ3) is 3.85. The van der Waals surface area contributed by atoms with E-state index in [2.05, 4.69) is 0 Å². The number of aliphatic carboxylic acids is 1. The largest absolute Gasteiger partial charge is 0.496 e. The fraction of sp³-hybridized carbons (Fsp3) is 0.316. The van der Waals surface area contributed by atoms with Gasteiger partial charge in [-0.3, -0.25) is 4.79 Å². The van der Waals surface area contributed by atoms with E-state index < -0.39 is 17.7 Å². The lowest BCUT2D eigenvalue weighted by atomic mass is 9.90. The average molecular weight is 332 g/mol. The molecule has 1 N–H and O–H groups in total. The number of benzene rings is 2. The van der Waals surface area contributed by atoms with Crippen LogP contribution in [-0.4, -0.2) is 25.3 Å². The number of methoxy groups -OCH3 is 2. The molecule has 0 aromatic heterocycles. The van der Waals surface area contributed by atoms with Crippen molar-refractivity contribution in [3.8, 4) is 11.5 Å². The van der Waals surface area contributed by atoms with Gasteiger partial charge in [-0.1, -0.05) is 19.1 Å². The number of rotatable bonds is 7. The fourth-order valence-corrected chi connectivity index (χ4v) is 2.77. The van der Waals surface area contributed by atoms with Crippen molar-refractivity contribution in [2.24, 2.45) is 0 Å². The van der Waals surface area contributed by atoms with Gasteiger partial charge in [-0.2, -0.15) is 0 Å². The first-order valence-corrected chi connectivity index (χ1v) is 7.72. The van der Waals surface area contributed by atoms with Crippen LogP contribution in [0.2, 0.25) is 0 Å². The molecule has 128 valence electrons. The molecule has 4 nitrogen and oxygen atoms in total. The van der Waals surface area contributed by atoms with Crippen LogP contribution in [0.4, 0.5) is 4.39 Å². The van der Waals surface area contributed by atoms with Crippen molar-refractivity contribution in [1.82, 2.24) is 0 Å². The first kappa shape index (κ1) is 17.8. The fourth-order valence-electron chi connectivity index (χ4n) is 2.77. The van der Waals surface area contributed by atoms with E-state index in [4.69, 9.17) is 9.47 Å². The van der Waals surface area contributed by atoms with E-state index in [1.165, 1.54) is 25.3 Å². The molecule has 0 fully saturated rings. The highest BCUT2D eigenvalue weighted by Crippen LogP contribution is 2.30. The maximum atomic E-state index is 13.5. The summed E-state index contributed by atoms with van der Waals surface area (Å²) in [7, 11) is 3.07. The van der Waals surface area contributed by atoms with Crippen LogP contribution in [0.1, 0.15) is 29.5 Å². The maximum absolute atomic E-state index is 13.5. The summed E-state index contributed by atoms with van der Waals surface area (Å²) < 4.78 is 24.0.